The monoisotopic (exact) mass is 459 g/mol. The molecule has 32 heavy (non-hydrogen) atoms. The van der Waals surface area contributed by atoms with E-state index in [0.29, 0.717) is 24.5 Å². The Labute approximate surface area is 191 Å². The molecule has 0 unspecified atom stereocenters. The van der Waals surface area contributed by atoms with Gasteiger partial charge in [0.15, 0.2) is 0 Å². The Kier molecular flexibility index (Phi) is 8.15. The van der Waals surface area contributed by atoms with Crippen LogP contribution >= 0.6 is 0 Å². The summed E-state index contributed by atoms with van der Waals surface area (Å²) in [4.78, 5) is 15.3. The smallest absolute Gasteiger partial charge is 0.243 e. The zero-order valence-electron chi connectivity index (χ0n) is 19.1. The van der Waals surface area contributed by atoms with E-state index < -0.39 is 10.0 Å². The lowest BCUT2D eigenvalue weighted by molar-refractivity contribution is -0.115. The van der Waals surface area contributed by atoms with Crippen LogP contribution < -0.4 is 15.0 Å². The van der Waals surface area contributed by atoms with Gasteiger partial charge in [-0.25, -0.2) is 8.42 Å². The SMILES string of the molecule is CCN(CC)S(=O)(=O)c1ccc(N2CCCCC2)c(NC(=O)Cc2cccc(OC)c2)c1. The molecule has 0 saturated carbocycles. The van der Waals surface area contributed by atoms with Crippen LogP contribution in [0.15, 0.2) is 47.4 Å². The highest BCUT2D eigenvalue weighted by molar-refractivity contribution is 7.89. The molecule has 1 N–H and O–H groups in total. The van der Waals surface area contributed by atoms with Crippen molar-refractivity contribution in [2.75, 3.05) is 43.5 Å². The third-order valence-electron chi connectivity index (χ3n) is 5.78. The van der Waals surface area contributed by atoms with Gasteiger partial charge >= 0.3 is 0 Å². The van der Waals surface area contributed by atoms with Crippen LogP contribution in [0.1, 0.15) is 38.7 Å². The zero-order valence-corrected chi connectivity index (χ0v) is 20.0. The second kappa shape index (κ2) is 10.8. The molecule has 0 spiro atoms. The Balaban J connectivity index is 1.91. The molecule has 1 aliphatic heterocycles. The lowest BCUT2D eigenvalue weighted by Gasteiger charge is -2.31. The van der Waals surface area contributed by atoms with E-state index in [2.05, 4.69) is 10.2 Å². The molecule has 3 rings (SSSR count). The standard InChI is InChI=1S/C24H33N3O4S/c1-4-27(5-2)32(29,30)21-12-13-23(26-14-7-6-8-15-26)22(18-21)25-24(28)17-19-10-9-11-20(16-19)31-3/h9-13,16,18H,4-8,14-15,17H2,1-3H3,(H,25,28). The van der Waals surface area contributed by atoms with Crippen molar-refractivity contribution in [1.82, 2.24) is 4.31 Å². The molecule has 0 bridgehead atoms. The number of hydrogen-bond acceptors (Lipinski definition) is 5. The van der Waals surface area contributed by atoms with Crippen molar-refractivity contribution >= 4 is 27.3 Å². The second-order valence-electron chi connectivity index (χ2n) is 7.89. The Hall–Kier alpha value is -2.58. The van der Waals surface area contributed by atoms with E-state index in [1.165, 1.54) is 10.7 Å². The molecule has 0 aliphatic carbocycles. The van der Waals surface area contributed by atoms with Crippen LogP contribution in [0.2, 0.25) is 0 Å². The van der Waals surface area contributed by atoms with Gasteiger partial charge in [-0.15, -0.1) is 0 Å². The van der Waals surface area contributed by atoms with E-state index in [4.69, 9.17) is 4.74 Å². The summed E-state index contributed by atoms with van der Waals surface area (Å²) >= 11 is 0. The predicted octanol–water partition coefficient (Wildman–Crippen LogP) is 3.90. The maximum atomic E-state index is 13.1. The van der Waals surface area contributed by atoms with Gasteiger partial charge in [0.1, 0.15) is 5.75 Å². The highest BCUT2D eigenvalue weighted by Crippen LogP contribution is 2.32. The Morgan fingerprint density at radius 2 is 1.78 bits per heavy atom. The first-order chi connectivity index (χ1) is 15.4. The highest BCUT2D eigenvalue weighted by atomic mass is 32.2. The van der Waals surface area contributed by atoms with Gasteiger partial charge in [0.2, 0.25) is 15.9 Å². The van der Waals surface area contributed by atoms with E-state index in [-0.39, 0.29) is 17.2 Å². The molecule has 2 aromatic rings. The summed E-state index contributed by atoms with van der Waals surface area (Å²) in [6.45, 7) is 6.20. The van der Waals surface area contributed by atoms with Gasteiger partial charge < -0.3 is 15.0 Å². The number of benzene rings is 2. The van der Waals surface area contributed by atoms with Crippen LogP contribution in [0.4, 0.5) is 11.4 Å². The summed E-state index contributed by atoms with van der Waals surface area (Å²) in [7, 11) is -2.04. The summed E-state index contributed by atoms with van der Waals surface area (Å²) < 4.78 is 32.8. The first kappa shape index (κ1) is 24.1. The molecule has 1 fully saturated rings. The number of carbonyl (C=O) groups is 1. The summed E-state index contributed by atoms with van der Waals surface area (Å²) in [5.41, 5.74) is 2.23. The molecule has 1 heterocycles. The molecule has 0 radical (unpaired) electrons. The van der Waals surface area contributed by atoms with Crippen molar-refractivity contribution in [3.63, 3.8) is 0 Å². The van der Waals surface area contributed by atoms with Crippen molar-refractivity contribution in [3.05, 3.63) is 48.0 Å². The fourth-order valence-corrected chi connectivity index (χ4v) is 5.55. The molecule has 0 aromatic heterocycles. The van der Waals surface area contributed by atoms with Gasteiger partial charge in [-0.3, -0.25) is 4.79 Å². The first-order valence-electron chi connectivity index (χ1n) is 11.2. The van der Waals surface area contributed by atoms with Crippen molar-refractivity contribution < 1.29 is 17.9 Å². The maximum absolute atomic E-state index is 13.1. The van der Waals surface area contributed by atoms with E-state index in [1.54, 1.807) is 19.2 Å². The molecule has 1 aliphatic rings. The molecular formula is C24H33N3O4S. The fourth-order valence-electron chi connectivity index (χ4n) is 4.06. The molecule has 0 atom stereocenters. The summed E-state index contributed by atoms with van der Waals surface area (Å²) in [6, 6.07) is 12.4. The van der Waals surface area contributed by atoms with E-state index >= 15 is 0 Å². The minimum absolute atomic E-state index is 0.170. The number of methoxy groups -OCH3 is 1. The average Bonchev–Trinajstić information content (AvgIpc) is 2.80. The number of anilines is 2. The summed E-state index contributed by atoms with van der Waals surface area (Å²) in [5.74, 6) is 0.491. The number of ether oxygens (including phenoxy) is 1. The van der Waals surface area contributed by atoms with Crippen LogP contribution in [-0.2, 0) is 21.2 Å². The highest BCUT2D eigenvalue weighted by Gasteiger charge is 2.24. The average molecular weight is 460 g/mol. The maximum Gasteiger partial charge on any atom is 0.243 e. The number of carbonyl (C=O) groups excluding carboxylic acids is 1. The third-order valence-corrected chi connectivity index (χ3v) is 7.83. The van der Waals surface area contributed by atoms with Gasteiger partial charge in [0, 0.05) is 26.2 Å². The first-order valence-corrected chi connectivity index (χ1v) is 12.6. The Morgan fingerprint density at radius 3 is 2.44 bits per heavy atom. The van der Waals surface area contributed by atoms with Crippen molar-refractivity contribution in [2.45, 2.75) is 44.4 Å². The Bertz CT molecular complexity index is 1030. The van der Waals surface area contributed by atoms with Crippen molar-refractivity contribution in [2.24, 2.45) is 0 Å². The van der Waals surface area contributed by atoms with E-state index in [9.17, 15) is 13.2 Å². The van der Waals surface area contributed by atoms with Crippen LogP contribution in [0.3, 0.4) is 0 Å². The lowest BCUT2D eigenvalue weighted by atomic mass is 10.1. The number of nitrogens with zero attached hydrogens (tertiary/aromatic N) is 2. The van der Waals surface area contributed by atoms with Gasteiger partial charge in [0.05, 0.1) is 29.8 Å². The van der Waals surface area contributed by atoms with Crippen LogP contribution in [0.5, 0.6) is 5.75 Å². The van der Waals surface area contributed by atoms with Gasteiger partial charge in [-0.1, -0.05) is 26.0 Å². The minimum Gasteiger partial charge on any atom is -0.497 e. The molecule has 8 heteroatoms. The van der Waals surface area contributed by atoms with Crippen LogP contribution in [0, 0.1) is 0 Å². The van der Waals surface area contributed by atoms with Gasteiger partial charge in [-0.2, -0.15) is 4.31 Å². The number of rotatable bonds is 9. The normalized spacial score (nSPS) is 14.4. The summed E-state index contributed by atoms with van der Waals surface area (Å²) in [6.07, 6.45) is 3.51. The van der Waals surface area contributed by atoms with Gasteiger partial charge in [0.25, 0.3) is 0 Å². The van der Waals surface area contributed by atoms with E-state index in [1.807, 2.05) is 44.2 Å². The van der Waals surface area contributed by atoms with Crippen molar-refractivity contribution in [1.29, 1.82) is 0 Å². The molecule has 1 amide bonds. The molecule has 2 aromatic carbocycles. The molecule has 1 saturated heterocycles. The number of hydrogen-bond donors (Lipinski definition) is 1. The molecule has 7 nitrogen and oxygen atoms in total. The third kappa shape index (κ3) is 5.61. The summed E-state index contributed by atoms with van der Waals surface area (Å²) in [5, 5.41) is 2.98. The predicted molar refractivity (Wildman–Crippen MR) is 128 cm³/mol. The minimum atomic E-state index is -3.63. The molecular weight excluding hydrogens is 426 g/mol. The zero-order chi connectivity index (χ0) is 23.1. The quantitative estimate of drug-likeness (QED) is 0.615. The fraction of sp³-hybridized carbons (Fsp3) is 0.458. The number of sulfonamides is 1. The number of piperidine rings is 1. The van der Waals surface area contributed by atoms with Gasteiger partial charge in [-0.05, 0) is 55.2 Å². The van der Waals surface area contributed by atoms with E-state index in [0.717, 1.165) is 37.2 Å². The van der Waals surface area contributed by atoms with Crippen LogP contribution in [0.25, 0.3) is 0 Å². The van der Waals surface area contributed by atoms with Crippen LogP contribution in [-0.4, -0.2) is 51.9 Å². The largest absolute Gasteiger partial charge is 0.497 e. The molecule has 174 valence electrons. The van der Waals surface area contributed by atoms with Crippen molar-refractivity contribution in [3.8, 4) is 5.75 Å². The Morgan fingerprint density at radius 1 is 1.06 bits per heavy atom. The topological polar surface area (TPSA) is 79.0 Å². The second-order valence-corrected chi connectivity index (χ2v) is 9.83. The lowest BCUT2D eigenvalue weighted by Crippen LogP contribution is -2.32. The number of amides is 1. The number of nitrogens with one attached hydrogen (secondary N) is 1.